The van der Waals surface area contributed by atoms with Gasteiger partial charge < -0.3 is 10.5 Å². The lowest BCUT2D eigenvalue weighted by Gasteiger charge is -2.18. The van der Waals surface area contributed by atoms with Gasteiger partial charge in [-0.25, -0.2) is 4.39 Å². The van der Waals surface area contributed by atoms with Crippen molar-refractivity contribution in [3.63, 3.8) is 0 Å². The Morgan fingerprint density at radius 1 is 1.62 bits per heavy atom. The fourth-order valence-electron chi connectivity index (χ4n) is 1.15. The van der Waals surface area contributed by atoms with Crippen LogP contribution in [0.25, 0.3) is 0 Å². The monoisotopic (exact) mass is 192 g/mol. The summed E-state index contributed by atoms with van der Waals surface area (Å²) >= 11 is 0. The van der Waals surface area contributed by atoms with E-state index in [2.05, 4.69) is 5.73 Å². The molecule has 0 spiro atoms. The predicted molar refractivity (Wildman–Crippen MR) is 47.7 cm³/mol. The molecule has 0 bridgehead atoms. The molecule has 78 valence electrons. The third kappa shape index (κ3) is 5.58. The Hall–Kier alpha value is -0.640. The van der Waals surface area contributed by atoms with E-state index in [4.69, 9.17) is 4.74 Å². The summed E-state index contributed by atoms with van der Waals surface area (Å²) in [5.41, 5.74) is 2.27. The van der Waals surface area contributed by atoms with Gasteiger partial charge in [0.05, 0.1) is 13.2 Å². The molecule has 0 rings (SSSR count). The first-order valence-electron chi connectivity index (χ1n) is 4.55. The molecule has 3 N–H and O–H groups in total. The van der Waals surface area contributed by atoms with E-state index in [-0.39, 0.29) is 12.4 Å². The first kappa shape index (κ1) is 12.4. The maximum Gasteiger partial charge on any atom is 0.314 e. The Labute approximate surface area is 78.4 Å². The lowest BCUT2D eigenvalue weighted by Crippen LogP contribution is -2.56. The smallest absolute Gasteiger partial charge is 0.314 e. The number of carbonyl (C=O) groups excluding carboxylic acids is 1. The van der Waals surface area contributed by atoms with Crippen LogP contribution in [0.3, 0.4) is 0 Å². The molecule has 0 aromatic heterocycles. The summed E-state index contributed by atoms with van der Waals surface area (Å²) in [6, 6.07) is 0. The Morgan fingerprint density at radius 2 is 2.15 bits per heavy atom. The van der Waals surface area contributed by atoms with E-state index in [1.54, 1.807) is 6.92 Å². The number of esters is 1. The molecular weight excluding hydrogens is 173 g/mol. The highest BCUT2D eigenvalue weighted by atomic mass is 19.1. The molecule has 13 heavy (non-hydrogen) atoms. The number of quaternary nitrogens is 1. The highest BCUT2D eigenvalue weighted by Crippen LogP contribution is 2.20. The van der Waals surface area contributed by atoms with Gasteiger partial charge in [-0.1, -0.05) is 0 Å². The topological polar surface area (TPSA) is 53.9 Å². The Morgan fingerprint density at radius 3 is 2.46 bits per heavy atom. The molecule has 0 fully saturated rings. The van der Waals surface area contributed by atoms with Gasteiger partial charge in [-0.3, -0.25) is 4.79 Å². The van der Waals surface area contributed by atoms with Crippen molar-refractivity contribution in [2.24, 2.45) is 5.92 Å². The zero-order chi connectivity index (χ0) is 10.5. The van der Waals surface area contributed by atoms with Crippen molar-refractivity contribution < 1.29 is 19.7 Å². The predicted octanol–water partition coefficient (Wildman–Crippen LogP) is 0.546. The summed E-state index contributed by atoms with van der Waals surface area (Å²) in [4.78, 5) is 11.2. The second-order valence-corrected chi connectivity index (χ2v) is 3.66. The Balaban J connectivity index is 4.10. The summed E-state index contributed by atoms with van der Waals surface area (Å²) in [6.45, 7) is 5.36. The molecule has 0 aliphatic carbocycles. The van der Waals surface area contributed by atoms with Crippen LogP contribution in [-0.4, -0.2) is 24.8 Å². The molecule has 0 saturated heterocycles. The highest BCUT2D eigenvalue weighted by molar-refractivity contribution is 5.72. The fourth-order valence-corrected chi connectivity index (χ4v) is 1.15. The number of carbonyl (C=O) groups is 1. The van der Waals surface area contributed by atoms with Gasteiger partial charge >= 0.3 is 5.97 Å². The number of rotatable bonds is 5. The second-order valence-electron chi connectivity index (χ2n) is 3.66. The van der Waals surface area contributed by atoms with E-state index < -0.39 is 11.6 Å². The van der Waals surface area contributed by atoms with Crippen LogP contribution < -0.4 is 5.73 Å². The van der Waals surface area contributed by atoms with Gasteiger partial charge in [0.25, 0.3) is 0 Å². The van der Waals surface area contributed by atoms with Gasteiger partial charge in [0, 0.05) is 0 Å². The molecule has 0 aliphatic rings. The number of hydrogen-bond donors (Lipinski definition) is 1. The molecule has 0 aliphatic heterocycles. The summed E-state index contributed by atoms with van der Waals surface area (Å²) in [6.07, 6.45) is 0.176. The van der Waals surface area contributed by atoms with E-state index >= 15 is 0 Å². The lowest BCUT2D eigenvalue weighted by molar-refractivity contribution is -0.378. The summed E-state index contributed by atoms with van der Waals surface area (Å²) in [5.74, 6) is -0.761. The third-order valence-corrected chi connectivity index (χ3v) is 1.70. The summed E-state index contributed by atoms with van der Waals surface area (Å²) in [5, 5.41) is 0. The van der Waals surface area contributed by atoms with E-state index in [0.717, 1.165) is 0 Å². The molecule has 0 heterocycles. The van der Waals surface area contributed by atoms with Crippen LogP contribution in [0.4, 0.5) is 4.39 Å². The Bertz CT molecular complexity index is 165. The van der Waals surface area contributed by atoms with Crippen LogP contribution in [0, 0.1) is 5.92 Å². The molecule has 0 aromatic carbocycles. The zero-order valence-electron chi connectivity index (χ0n) is 8.60. The third-order valence-electron chi connectivity index (χ3n) is 1.70. The average Bonchev–Trinajstić information content (AvgIpc) is 1.99. The molecular formula is C9H19FNO2+. The van der Waals surface area contributed by atoms with Crippen molar-refractivity contribution >= 4 is 5.97 Å². The van der Waals surface area contributed by atoms with Gasteiger partial charge in [0.1, 0.15) is 11.6 Å². The van der Waals surface area contributed by atoms with Crippen molar-refractivity contribution in [1.29, 1.82) is 0 Å². The van der Waals surface area contributed by atoms with Crippen molar-refractivity contribution in [2.45, 2.75) is 32.9 Å². The second kappa shape index (κ2) is 5.17. The molecule has 3 nitrogen and oxygen atoms in total. The van der Waals surface area contributed by atoms with Crippen molar-refractivity contribution in [1.82, 2.24) is 0 Å². The summed E-state index contributed by atoms with van der Waals surface area (Å²) in [7, 11) is 0. The molecule has 4 heteroatoms. The molecule has 0 aromatic rings. The first-order chi connectivity index (χ1) is 5.90. The van der Waals surface area contributed by atoms with Gasteiger partial charge in [0.2, 0.25) is 0 Å². The number of alkyl halides is 1. The minimum Gasteiger partial charge on any atom is -0.466 e. The SMILES string of the molecule is CCOC(=O)C(C[NH3+])CC(C)(C)F. The highest BCUT2D eigenvalue weighted by Gasteiger charge is 2.28. The van der Waals surface area contributed by atoms with Crippen LogP contribution in [-0.2, 0) is 9.53 Å². The quantitative estimate of drug-likeness (QED) is 0.646. The standard InChI is InChI=1S/C9H18FNO2/c1-4-13-8(12)7(6-11)5-9(2,3)10/h7H,4-6,11H2,1-3H3/p+1. The van der Waals surface area contributed by atoms with E-state index in [1.807, 2.05) is 0 Å². The molecule has 1 atom stereocenters. The van der Waals surface area contributed by atoms with Crippen molar-refractivity contribution in [2.75, 3.05) is 13.2 Å². The van der Waals surface area contributed by atoms with E-state index in [0.29, 0.717) is 13.2 Å². The van der Waals surface area contributed by atoms with Crippen LogP contribution in [0.1, 0.15) is 27.2 Å². The Kier molecular flexibility index (Phi) is 4.91. The van der Waals surface area contributed by atoms with E-state index in [9.17, 15) is 9.18 Å². The van der Waals surface area contributed by atoms with Crippen LogP contribution in [0.15, 0.2) is 0 Å². The maximum atomic E-state index is 13.2. The van der Waals surface area contributed by atoms with E-state index in [1.165, 1.54) is 13.8 Å². The average molecular weight is 192 g/mol. The zero-order valence-corrected chi connectivity index (χ0v) is 8.60. The van der Waals surface area contributed by atoms with Gasteiger partial charge in [0.15, 0.2) is 0 Å². The van der Waals surface area contributed by atoms with Gasteiger partial charge in [-0.2, -0.15) is 0 Å². The van der Waals surface area contributed by atoms with Crippen LogP contribution in [0.5, 0.6) is 0 Å². The van der Waals surface area contributed by atoms with Gasteiger partial charge in [-0.05, 0) is 27.2 Å². The lowest BCUT2D eigenvalue weighted by atomic mass is 9.95. The molecule has 0 amide bonds. The molecule has 0 radical (unpaired) electrons. The maximum absolute atomic E-state index is 13.2. The molecule has 0 saturated carbocycles. The van der Waals surface area contributed by atoms with Crippen molar-refractivity contribution in [3.8, 4) is 0 Å². The normalized spacial score (nSPS) is 13.9. The van der Waals surface area contributed by atoms with Crippen LogP contribution in [0.2, 0.25) is 0 Å². The van der Waals surface area contributed by atoms with Crippen LogP contribution >= 0.6 is 0 Å². The fraction of sp³-hybridized carbons (Fsp3) is 0.889. The summed E-state index contributed by atoms with van der Waals surface area (Å²) < 4.78 is 18.0. The first-order valence-corrected chi connectivity index (χ1v) is 4.55. The minimum absolute atomic E-state index is 0.176. The largest absolute Gasteiger partial charge is 0.466 e. The van der Waals surface area contributed by atoms with Crippen molar-refractivity contribution in [3.05, 3.63) is 0 Å². The number of halogens is 1. The number of hydrogen-bond acceptors (Lipinski definition) is 2. The molecule has 1 unspecified atom stereocenters. The minimum atomic E-state index is -1.34. The van der Waals surface area contributed by atoms with Gasteiger partial charge in [-0.15, -0.1) is 0 Å². The number of ether oxygens (including phenoxy) is 1.